The molecule has 12 aliphatic rings. The summed E-state index contributed by atoms with van der Waals surface area (Å²) in [6, 6.07) is 71.1. The van der Waals surface area contributed by atoms with E-state index in [9.17, 15) is 29.4 Å². The molecule has 12 atom stereocenters. The summed E-state index contributed by atoms with van der Waals surface area (Å²) in [7, 11) is 3.45. The number of amides is 4. The molecule has 12 unspecified atom stereocenters. The van der Waals surface area contributed by atoms with Crippen LogP contribution in [-0.2, 0) is 0 Å². The van der Waals surface area contributed by atoms with Crippen LogP contribution in [0.4, 0.5) is 0 Å². The van der Waals surface area contributed by atoms with E-state index in [2.05, 4.69) is 184 Å². The Hall–Kier alpha value is -10.5. The number of aromatic hydroxyl groups is 2. The number of benzene rings is 8. The second kappa shape index (κ2) is 48.1. The highest BCUT2D eigenvalue weighted by Gasteiger charge is 2.47. The van der Waals surface area contributed by atoms with E-state index in [-0.39, 0.29) is 47.8 Å². The molecule has 8 saturated heterocycles. The predicted octanol–water partition coefficient (Wildman–Crippen LogP) is 20.1. The summed E-state index contributed by atoms with van der Waals surface area (Å²) in [5.74, 6) is 2.51. The van der Waals surface area contributed by atoms with Gasteiger partial charge in [0.1, 0.15) is 23.0 Å². The molecule has 8 heterocycles. The van der Waals surface area contributed by atoms with Crippen LogP contribution in [0.15, 0.2) is 245 Å². The van der Waals surface area contributed by atoms with Gasteiger partial charge in [-0.1, -0.05) is 198 Å². The quantitative estimate of drug-likeness (QED) is 0.0183. The van der Waals surface area contributed by atoms with Gasteiger partial charge < -0.3 is 41.0 Å². The summed E-state index contributed by atoms with van der Waals surface area (Å²) in [5, 5.41) is 33.4. The Balaban J connectivity index is 0.000000127. The Labute approximate surface area is 821 Å². The lowest BCUT2D eigenvalue weighted by molar-refractivity contribution is 0.0582. The molecule has 0 aromatic heterocycles. The van der Waals surface area contributed by atoms with Crippen molar-refractivity contribution in [3.05, 3.63) is 312 Å². The number of likely N-dealkylation sites (tertiary alicyclic amines) is 4. The van der Waals surface area contributed by atoms with E-state index in [1.807, 2.05) is 109 Å². The number of rotatable bonds is 30. The number of fused-ring (bicyclic) bond motifs is 8. The van der Waals surface area contributed by atoms with E-state index in [1.54, 1.807) is 26.4 Å². The van der Waals surface area contributed by atoms with E-state index in [4.69, 9.17) is 9.47 Å². The number of ether oxygens (including phenoxy) is 2. The maximum Gasteiger partial charge on any atom is 0.251 e. The fourth-order valence-electron chi connectivity index (χ4n) is 25.5. The fourth-order valence-corrected chi connectivity index (χ4v) is 25.5. The van der Waals surface area contributed by atoms with E-state index < -0.39 is 0 Å². The molecule has 12 fully saturated rings. The van der Waals surface area contributed by atoms with Crippen molar-refractivity contribution in [1.82, 2.24) is 60.5 Å². The van der Waals surface area contributed by atoms with Gasteiger partial charge in [0.25, 0.3) is 23.6 Å². The van der Waals surface area contributed by atoms with Crippen LogP contribution in [-0.4, -0.2) is 238 Å². The van der Waals surface area contributed by atoms with Gasteiger partial charge in [0.05, 0.1) is 38.4 Å². The Morgan fingerprint density at radius 3 is 0.696 bits per heavy atom. The number of phenolic OH excluding ortho intramolecular Hbond substituents is 2. The van der Waals surface area contributed by atoms with Crippen molar-refractivity contribution < 1.29 is 38.9 Å². The SMILES string of the molecule is C=CCN1C2CCC1CN(C(c1ccc(C(=O)NC3CCCC3)cc1)c1cccc(O)c1)C2.C=CCN1C2CCC1CN(C(c1ccc(C(=O)NC3CCCCC3)cc1)c1cccc(O)c1)C2.C=CCN1C2CCC1CN(C(c1ccc(C(=O)NC3CCCCC3)cc1)c1cccc(OC)c1)C2.C=CCN1C2CCC1CN(C(c1ccc(C(=O)NC3CCCCCC3)cc1)c1cccc(OC)c1)C2. The Bertz CT molecular complexity index is 5280. The molecule has 20 rings (SSSR count). The van der Waals surface area contributed by atoms with Crippen LogP contribution < -0.4 is 30.7 Å². The monoisotopic (exact) mass is 1870 g/mol. The number of methoxy groups -OCH3 is 2. The van der Waals surface area contributed by atoms with Crippen LogP contribution in [0.3, 0.4) is 0 Å². The van der Waals surface area contributed by atoms with Gasteiger partial charge in [-0.3, -0.25) is 58.4 Å². The highest BCUT2D eigenvalue weighted by molar-refractivity contribution is 5.96. The third-order valence-corrected chi connectivity index (χ3v) is 32.4. The smallest absolute Gasteiger partial charge is 0.251 e. The molecule has 8 aromatic rings. The summed E-state index contributed by atoms with van der Waals surface area (Å²) in [6.45, 7) is 27.8. The molecule has 8 bridgehead atoms. The zero-order valence-electron chi connectivity index (χ0n) is 82.1. The first-order valence-corrected chi connectivity index (χ1v) is 52.5. The van der Waals surface area contributed by atoms with Crippen molar-refractivity contribution in [1.29, 1.82) is 0 Å². The molecule has 138 heavy (non-hydrogen) atoms. The van der Waals surface area contributed by atoms with Crippen molar-refractivity contribution in [2.24, 2.45) is 0 Å². The van der Waals surface area contributed by atoms with Crippen molar-refractivity contribution in [3.63, 3.8) is 0 Å². The minimum atomic E-state index is 0.0263. The molecule has 4 saturated carbocycles. The topological polar surface area (TPSA) is 201 Å². The highest BCUT2D eigenvalue weighted by Crippen LogP contribution is 2.45. The first-order chi connectivity index (χ1) is 67.6. The molecular formula is C118H152N12O8. The van der Waals surface area contributed by atoms with Crippen molar-refractivity contribution in [3.8, 4) is 23.0 Å². The predicted molar refractivity (Wildman–Crippen MR) is 554 cm³/mol. The van der Waals surface area contributed by atoms with Gasteiger partial charge in [0.2, 0.25) is 0 Å². The molecule has 6 N–H and O–H groups in total. The lowest BCUT2D eigenvalue weighted by atomic mass is 9.93. The zero-order chi connectivity index (χ0) is 95.4. The lowest BCUT2D eigenvalue weighted by Gasteiger charge is -2.44. The molecule has 20 heteroatoms. The Morgan fingerprint density at radius 2 is 0.486 bits per heavy atom. The number of piperazine rings is 4. The van der Waals surface area contributed by atoms with Crippen molar-refractivity contribution in [2.75, 3.05) is 92.8 Å². The van der Waals surface area contributed by atoms with Gasteiger partial charge in [-0.15, -0.1) is 26.3 Å². The van der Waals surface area contributed by atoms with E-state index in [0.29, 0.717) is 84.0 Å². The standard InChI is InChI=1S/C31H41N3O2.C30H39N3O2.C29H37N3O2.C28H35N3O2/c1-3-19-34-27-17-18-28(34)22-33(21-27)30(25-9-8-12-29(20-25)36-2)23-13-15-24(16-14-23)31(35)32-26-10-6-4-5-7-11-26;1-3-18-33-26-16-17-27(33)21-32(20-26)29(24-8-7-11-28(19-24)35-2)22-12-14-23(15-13-22)30(34)31-25-9-5-4-6-10-25;1-2-17-32-25-15-16-26(32)20-31(19-25)28(23-7-6-10-27(33)18-23)21-11-13-22(14-12-21)29(34)30-24-8-4-3-5-9-24;1-2-16-31-24-14-15-25(31)19-30(18-24)27(22-6-5-9-26(32)17-22)20-10-12-21(13-11-20)28(33)29-23-7-3-4-8-23/h3,8-9,12-16,20,26-28,30H,1,4-7,10-11,17-19,21-22H2,2H3,(H,32,35);3,7-8,11-15,19,25-27,29H,1,4-6,9-10,16-18,20-21H2,2H3,(H,31,34);2,6-7,10-14,18,24-26,28,33H,1,3-5,8-9,15-17,19-20H2,(H,30,34);2,5-6,9-13,17,23-25,27,32H,1,3-4,7-8,14-16,18-19H2,(H,29,33). The minimum absolute atomic E-state index is 0.0263. The van der Waals surface area contributed by atoms with Crippen LogP contribution in [0.1, 0.15) is 290 Å². The minimum Gasteiger partial charge on any atom is -0.508 e. The average Bonchev–Trinajstić information content (AvgIpc) is 1.57. The second-order valence-electron chi connectivity index (χ2n) is 41.4. The van der Waals surface area contributed by atoms with Crippen LogP contribution in [0, 0.1) is 0 Å². The maximum atomic E-state index is 13.0. The third-order valence-electron chi connectivity index (χ3n) is 32.4. The molecule has 0 radical (unpaired) electrons. The molecule has 8 aliphatic heterocycles. The molecule has 20 nitrogen and oxygen atoms in total. The van der Waals surface area contributed by atoms with Crippen LogP contribution in [0.5, 0.6) is 23.0 Å². The van der Waals surface area contributed by atoms with Gasteiger partial charge in [-0.05, 0) is 244 Å². The van der Waals surface area contributed by atoms with Crippen molar-refractivity contribution >= 4 is 23.6 Å². The first-order valence-electron chi connectivity index (χ1n) is 52.5. The number of hydrogen-bond donors (Lipinski definition) is 6. The molecule has 732 valence electrons. The largest absolute Gasteiger partial charge is 0.508 e. The molecule has 8 aromatic carbocycles. The van der Waals surface area contributed by atoms with Crippen LogP contribution in [0.2, 0.25) is 0 Å². The maximum absolute atomic E-state index is 13.0. The summed E-state index contributed by atoms with van der Waals surface area (Å²) >= 11 is 0. The van der Waals surface area contributed by atoms with Crippen LogP contribution >= 0.6 is 0 Å². The number of carbonyl (C=O) groups is 4. The van der Waals surface area contributed by atoms with Gasteiger partial charge >= 0.3 is 0 Å². The highest BCUT2D eigenvalue weighted by atomic mass is 16.5. The van der Waals surface area contributed by atoms with Gasteiger partial charge in [-0.2, -0.15) is 0 Å². The number of nitrogens with one attached hydrogen (secondary N) is 4. The molecule has 4 amide bonds. The lowest BCUT2D eigenvalue weighted by Crippen LogP contribution is -2.54. The van der Waals surface area contributed by atoms with Crippen LogP contribution in [0.25, 0.3) is 0 Å². The van der Waals surface area contributed by atoms with E-state index >= 15 is 0 Å². The second-order valence-corrected chi connectivity index (χ2v) is 41.4. The first kappa shape index (κ1) is 99.1. The van der Waals surface area contributed by atoms with E-state index in [1.165, 1.54) is 151 Å². The molecular weight excluding hydrogens is 1710 g/mol. The molecule has 0 spiro atoms. The summed E-state index contributed by atoms with van der Waals surface area (Å²) < 4.78 is 11.1. The number of carbonyl (C=O) groups excluding carboxylic acids is 4. The Morgan fingerprint density at radius 1 is 0.283 bits per heavy atom. The summed E-state index contributed by atoms with van der Waals surface area (Å²) in [6.07, 6.45) is 41.6. The number of phenols is 2. The number of nitrogens with zero attached hydrogens (tertiary/aromatic N) is 8. The fraction of sp³-hybridized carbons (Fsp3) is 0.492. The van der Waals surface area contributed by atoms with Gasteiger partial charge in [0.15, 0.2) is 0 Å². The number of hydrogen-bond acceptors (Lipinski definition) is 16. The third kappa shape index (κ3) is 24.5. The van der Waals surface area contributed by atoms with Crippen molar-refractivity contribution in [2.45, 2.75) is 276 Å². The normalized spacial score (nSPS) is 24.4. The zero-order valence-corrected chi connectivity index (χ0v) is 82.1. The summed E-state index contributed by atoms with van der Waals surface area (Å²) in [4.78, 5) is 72.3. The molecule has 4 aliphatic carbocycles. The summed E-state index contributed by atoms with van der Waals surface area (Å²) in [5.41, 5.74) is 12.4. The Kier molecular flexibility index (Phi) is 34.5. The van der Waals surface area contributed by atoms with E-state index in [0.717, 1.165) is 186 Å². The van der Waals surface area contributed by atoms with Gasteiger partial charge in [0, 0.05) is 173 Å². The van der Waals surface area contributed by atoms with Gasteiger partial charge in [-0.25, -0.2) is 0 Å². The average molecular weight is 1870 g/mol.